The fourth-order valence-electron chi connectivity index (χ4n) is 2.64. The SMILES string of the molecule is Cn1cc(-c2cnc(C3CCC(N)CC3)[nH]2)cn1. The van der Waals surface area contributed by atoms with Gasteiger partial charge in [0.05, 0.1) is 18.1 Å². The lowest BCUT2D eigenvalue weighted by Crippen LogP contribution is -2.26. The van der Waals surface area contributed by atoms with Gasteiger partial charge in [0.1, 0.15) is 5.82 Å². The maximum atomic E-state index is 5.93. The van der Waals surface area contributed by atoms with Gasteiger partial charge in [-0.05, 0) is 25.7 Å². The second-order valence-corrected chi connectivity index (χ2v) is 5.20. The van der Waals surface area contributed by atoms with Crippen LogP contribution in [0.4, 0.5) is 0 Å². The molecule has 5 nitrogen and oxygen atoms in total. The van der Waals surface area contributed by atoms with Crippen LogP contribution >= 0.6 is 0 Å². The van der Waals surface area contributed by atoms with Crippen LogP contribution in [0.25, 0.3) is 11.3 Å². The Balaban J connectivity index is 1.77. The smallest absolute Gasteiger partial charge is 0.109 e. The van der Waals surface area contributed by atoms with Gasteiger partial charge >= 0.3 is 0 Å². The first-order valence-electron chi connectivity index (χ1n) is 6.52. The van der Waals surface area contributed by atoms with E-state index in [-0.39, 0.29) is 0 Å². The van der Waals surface area contributed by atoms with E-state index in [0.29, 0.717) is 12.0 Å². The standard InChI is InChI=1S/C13H19N5/c1-18-8-10(6-16-18)12-7-15-13(17-12)9-2-4-11(14)5-3-9/h6-9,11H,2-5,14H2,1H3,(H,15,17). The van der Waals surface area contributed by atoms with Crippen LogP contribution in [0.3, 0.4) is 0 Å². The number of hydrogen-bond donors (Lipinski definition) is 2. The van der Waals surface area contributed by atoms with E-state index >= 15 is 0 Å². The molecule has 0 radical (unpaired) electrons. The Labute approximate surface area is 106 Å². The van der Waals surface area contributed by atoms with Gasteiger partial charge in [0.25, 0.3) is 0 Å². The summed E-state index contributed by atoms with van der Waals surface area (Å²) in [4.78, 5) is 7.94. The number of nitrogens with one attached hydrogen (secondary N) is 1. The molecule has 3 rings (SSSR count). The molecular formula is C13H19N5. The van der Waals surface area contributed by atoms with Gasteiger partial charge in [-0.25, -0.2) is 4.98 Å². The predicted octanol–water partition coefficient (Wildman–Crippen LogP) is 1.80. The van der Waals surface area contributed by atoms with Crippen molar-refractivity contribution in [2.45, 2.75) is 37.6 Å². The van der Waals surface area contributed by atoms with Crippen LogP contribution in [0.15, 0.2) is 18.6 Å². The molecule has 2 heterocycles. The Kier molecular flexibility index (Phi) is 2.91. The zero-order valence-corrected chi connectivity index (χ0v) is 10.6. The molecule has 2 aromatic heterocycles. The molecule has 5 heteroatoms. The molecule has 0 amide bonds. The van der Waals surface area contributed by atoms with Crippen molar-refractivity contribution in [1.82, 2.24) is 19.7 Å². The number of hydrogen-bond acceptors (Lipinski definition) is 3. The molecule has 2 aromatic rings. The van der Waals surface area contributed by atoms with E-state index in [4.69, 9.17) is 5.73 Å². The fraction of sp³-hybridized carbons (Fsp3) is 0.538. The van der Waals surface area contributed by atoms with Crippen molar-refractivity contribution < 1.29 is 0 Å². The lowest BCUT2D eigenvalue weighted by molar-refractivity contribution is 0.386. The molecule has 18 heavy (non-hydrogen) atoms. The summed E-state index contributed by atoms with van der Waals surface area (Å²) < 4.78 is 1.80. The van der Waals surface area contributed by atoms with Gasteiger partial charge in [-0.3, -0.25) is 4.68 Å². The van der Waals surface area contributed by atoms with Crippen molar-refractivity contribution in [2.24, 2.45) is 12.8 Å². The van der Waals surface area contributed by atoms with E-state index in [1.807, 2.05) is 25.6 Å². The highest BCUT2D eigenvalue weighted by Crippen LogP contribution is 2.31. The van der Waals surface area contributed by atoms with Gasteiger partial charge < -0.3 is 10.7 Å². The average molecular weight is 245 g/mol. The monoisotopic (exact) mass is 245 g/mol. The molecule has 0 spiro atoms. The molecule has 96 valence electrons. The maximum absolute atomic E-state index is 5.93. The number of nitrogens with zero attached hydrogens (tertiary/aromatic N) is 3. The Morgan fingerprint density at radius 1 is 1.28 bits per heavy atom. The third-order valence-electron chi connectivity index (χ3n) is 3.77. The quantitative estimate of drug-likeness (QED) is 0.847. The molecule has 0 saturated heterocycles. The third kappa shape index (κ3) is 2.18. The van der Waals surface area contributed by atoms with Crippen molar-refractivity contribution >= 4 is 0 Å². The van der Waals surface area contributed by atoms with E-state index < -0.39 is 0 Å². The lowest BCUT2D eigenvalue weighted by Gasteiger charge is -2.24. The molecule has 0 aromatic carbocycles. The van der Waals surface area contributed by atoms with Gasteiger partial charge in [0.15, 0.2) is 0 Å². The second kappa shape index (κ2) is 4.57. The number of aromatic nitrogens is 4. The number of nitrogens with two attached hydrogens (primary N) is 1. The third-order valence-corrected chi connectivity index (χ3v) is 3.77. The number of aryl methyl sites for hydroxylation is 1. The van der Waals surface area contributed by atoms with Crippen molar-refractivity contribution in [1.29, 1.82) is 0 Å². The van der Waals surface area contributed by atoms with Gasteiger partial charge in [0.2, 0.25) is 0 Å². The predicted molar refractivity (Wildman–Crippen MR) is 70.0 cm³/mol. The molecule has 0 bridgehead atoms. The fourth-order valence-corrected chi connectivity index (χ4v) is 2.64. The van der Waals surface area contributed by atoms with Crippen LogP contribution in [0.2, 0.25) is 0 Å². The van der Waals surface area contributed by atoms with Crippen LogP contribution in [0.5, 0.6) is 0 Å². The number of rotatable bonds is 2. The first-order chi connectivity index (χ1) is 8.72. The van der Waals surface area contributed by atoms with E-state index in [9.17, 15) is 0 Å². The molecule has 0 aliphatic heterocycles. The van der Waals surface area contributed by atoms with Crippen molar-refractivity contribution in [3.8, 4) is 11.3 Å². The number of H-pyrrole nitrogens is 1. The highest BCUT2D eigenvalue weighted by atomic mass is 15.2. The summed E-state index contributed by atoms with van der Waals surface area (Å²) in [5.41, 5.74) is 8.07. The molecule has 1 aliphatic rings. The summed E-state index contributed by atoms with van der Waals surface area (Å²) >= 11 is 0. The van der Waals surface area contributed by atoms with Gasteiger partial charge in [-0.2, -0.15) is 5.10 Å². The Morgan fingerprint density at radius 2 is 2.06 bits per heavy atom. The molecular weight excluding hydrogens is 226 g/mol. The number of imidazole rings is 1. The highest BCUT2D eigenvalue weighted by Gasteiger charge is 2.22. The van der Waals surface area contributed by atoms with Crippen molar-refractivity contribution in [3.05, 3.63) is 24.4 Å². The minimum absolute atomic E-state index is 0.383. The van der Waals surface area contributed by atoms with Crippen molar-refractivity contribution in [3.63, 3.8) is 0 Å². The van der Waals surface area contributed by atoms with Gasteiger partial charge in [-0.1, -0.05) is 0 Å². The van der Waals surface area contributed by atoms with Crippen LogP contribution < -0.4 is 5.73 Å². The average Bonchev–Trinajstić information content (AvgIpc) is 2.98. The Bertz CT molecular complexity index is 519. The molecule has 3 N–H and O–H groups in total. The summed E-state index contributed by atoms with van der Waals surface area (Å²) in [6.45, 7) is 0. The van der Waals surface area contributed by atoms with E-state index in [1.165, 1.54) is 0 Å². The molecule has 1 saturated carbocycles. The molecule has 0 unspecified atom stereocenters. The summed E-state index contributed by atoms with van der Waals surface area (Å²) in [7, 11) is 1.92. The van der Waals surface area contributed by atoms with Gasteiger partial charge in [-0.15, -0.1) is 0 Å². The first kappa shape index (κ1) is 11.5. The number of aromatic amines is 1. The minimum Gasteiger partial charge on any atom is -0.342 e. The summed E-state index contributed by atoms with van der Waals surface area (Å²) in [5.74, 6) is 1.64. The topological polar surface area (TPSA) is 72.5 Å². The molecule has 0 atom stereocenters. The summed E-state index contributed by atoms with van der Waals surface area (Å²) in [5, 5.41) is 4.18. The first-order valence-corrected chi connectivity index (χ1v) is 6.52. The van der Waals surface area contributed by atoms with Crippen molar-refractivity contribution in [2.75, 3.05) is 0 Å². The Morgan fingerprint density at radius 3 is 2.72 bits per heavy atom. The van der Waals surface area contributed by atoms with E-state index in [0.717, 1.165) is 42.8 Å². The largest absolute Gasteiger partial charge is 0.342 e. The minimum atomic E-state index is 0.383. The van der Waals surface area contributed by atoms with Crippen LogP contribution in [0, 0.1) is 0 Å². The second-order valence-electron chi connectivity index (χ2n) is 5.20. The highest BCUT2D eigenvalue weighted by molar-refractivity contribution is 5.56. The molecule has 1 fully saturated rings. The van der Waals surface area contributed by atoms with E-state index in [1.54, 1.807) is 4.68 Å². The normalized spacial score (nSPS) is 24.3. The zero-order chi connectivity index (χ0) is 12.5. The summed E-state index contributed by atoms with van der Waals surface area (Å²) in [6, 6.07) is 0.383. The van der Waals surface area contributed by atoms with Crippen LogP contribution in [-0.4, -0.2) is 25.8 Å². The lowest BCUT2D eigenvalue weighted by atomic mass is 9.86. The zero-order valence-electron chi connectivity index (χ0n) is 10.6. The van der Waals surface area contributed by atoms with Crippen LogP contribution in [-0.2, 0) is 7.05 Å². The van der Waals surface area contributed by atoms with Gasteiger partial charge in [0, 0.05) is 30.8 Å². The van der Waals surface area contributed by atoms with Crippen LogP contribution in [0.1, 0.15) is 37.4 Å². The molecule has 1 aliphatic carbocycles. The summed E-state index contributed by atoms with van der Waals surface area (Å²) in [6.07, 6.45) is 10.2. The van der Waals surface area contributed by atoms with E-state index in [2.05, 4.69) is 15.1 Å². The maximum Gasteiger partial charge on any atom is 0.109 e. The Hall–Kier alpha value is -1.62.